The third-order valence-corrected chi connectivity index (χ3v) is 6.13. The Morgan fingerprint density at radius 2 is 1.69 bits per heavy atom. The third kappa shape index (κ3) is 6.33. The fourth-order valence-corrected chi connectivity index (χ4v) is 4.06. The van der Waals surface area contributed by atoms with Gasteiger partial charge in [0.1, 0.15) is 6.04 Å². The third-order valence-electron chi connectivity index (χ3n) is 6.13. The monoisotopic (exact) mass is 436 g/mol. The van der Waals surface area contributed by atoms with Crippen LogP contribution in [0.3, 0.4) is 0 Å². The highest BCUT2D eigenvalue weighted by molar-refractivity contribution is 5.98. The first-order valence-electron chi connectivity index (χ1n) is 11.6. The van der Waals surface area contributed by atoms with E-state index in [1.807, 2.05) is 57.2 Å². The van der Waals surface area contributed by atoms with Crippen LogP contribution >= 0.6 is 0 Å². The molecular formula is C26H36N4O2. The molecule has 0 aromatic heterocycles. The van der Waals surface area contributed by atoms with Gasteiger partial charge in [-0.05, 0) is 48.7 Å². The average Bonchev–Trinajstić information content (AvgIpc) is 2.79. The second-order valence-corrected chi connectivity index (χ2v) is 8.86. The summed E-state index contributed by atoms with van der Waals surface area (Å²) in [6, 6.07) is 15.2. The zero-order chi connectivity index (χ0) is 23.1. The number of rotatable bonds is 8. The maximum Gasteiger partial charge on any atom is 0.247 e. The largest absolute Gasteiger partial charge is 0.369 e. The van der Waals surface area contributed by atoms with Crippen LogP contribution in [0.25, 0.3) is 0 Å². The highest BCUT2D eigenvalue weighted by Gasteiger charge is 2.25. The van der Waals surface area contributed by atoms with E-state index in [0.29, 0.717) is 0 Å². The summed E-state index contributed by atoms with van der Waals surface area (Å²) < 4.78 is 0. The molecule has 2 aromatic rings. The van der Waals surface area contributed by atoms with Crippen molar-refractivity contribution in [3.05, 3.63) is 59.7 Å². The molecule has 172 valence electrons. The molecule has 0 spiro atoms. The lowest BCUT2D eigenvalue weighted by Gasteiger charge is -2.35. The van der Waals surface area contributed by atoms with E-state index in [0.717, 1.165) is 49.5 Å². The number of carbonyl (C=O) groups excluding carboxylic acids is 2. The van der Waals surface area contributed by atoms with Gasteiger partial charge in [0.25, 0.3) is 0 Å². The van der Waals surface area contributed by atoms with Gasteiger partial charge in [-0.1, -0.05) is 51.1 Å². The number of nitrogens with one attached hydrogen (secondary N) is 2. The highest BCUT2D eigenvalue weighted by Crippen LogP contribution is 2.24. The number of hydrogen-bond acceptors (Lipinski definition) is 4. The molecule has 1 atom stereocenters. The van der Waals surface area contributed by atoms with Crippen LogP contribution < -0.4 is 15.5 Å². The number of hydrogen-bond donors (Lipinski definition) is 2. The molecule has 0 bridgehead atoms. The zero-order valence-corrected chi connectivity index (χ0v) is 19.7. The SMILES string of the molecule is CCN1CCN(c2ccc(NC(=O)C(NC(=O)Cc3ccccc3)C(C)C)c(C)c2)CC1. The second-order valence-electron chi connectivity index (χ2n) is 8.86. The molecule has 2 amide bonds. The molecule has 1 saturated heterocycles. The fraction of sp³-hybridized carbons (Fsp3) is 0.462. The van der Waals surface area contributed by atoms with E-state index in [2.05, 4.69) is 39.5 Å². The number of anilines is 2. The van der Waals surface area contributed by atoms with Crippen molar-refractivity contribution in [2.24, 2.45) is 5.92 Å². The molecule has 0 radical (unpaired) electrons. The first-order chi connectivity index (χ1) is 15.4. The molecule has 1 heterocycles. The first-order valence-corrected chi connectivity index (χ1v) is 11.6. The van der Waals surface area contributed by atoms with Crippen molar-refractivity contribution >= 4 is 23.2 Å². The molecule has 2 aromatic carbocycles. The van der Waals surface area contributed by atoms with Gasteiger partial charge in [-0.25, -0.2) is 0 Å². The van der Waals surface area contributed by atoms with Crippen LogP contribution in [0.4, 0.5) is 11.4 Å². The van der Waals surface area contributed by atoms with E-state index in [9.17, 15) is 9.59 Å². The first kappa shape index (κ1) is 23.8. The molecule has 1 aliphatic heterocycles. The number of nitrogens with zero attached hydrogens (tertiary/aromatic N) is 2. The normalized spacial score (nSPS) is 15.5. The molecule has 32 heavy (non-hydrogen) atoms. The Balaban J connectivity index is 1.61. The number of likely N-dealkylation sites (N-methyl/N-ethyl adjacent to an activating group) is 1. The Morgan fingerprint density at radius 3 is 2.28 bits per heavy atom. The predicted octanol–water partition coefficient (Wildman–Crippen LogP) is 3.46. The Morgan fingerprint density at radius 1 is 1.00 bits per heavy atom. The fourth-order valence-electron chi connectivity index (χ4n) is 4.06. The van der Waals surface area contributed by atoms with Gasteiger partial charge >= 0.3 is 0 Å². The Bertz CT molecular complexity index is 905. The summed E-state index contributed by atoms with van der Waals surface area (Å²) in [6.07, 6.45) is 0.260. The van der Waals surface area contributed by atoms with Gasteiger partial charge < -0.3 is 20.4 Å². The van der Waals surface area contributed by atoms with E-state index in [1.165, 1.54) is 5.69 Å². The topological polar surface area (TPSA) is 64.7 Å². The van der Waals surface area contributed by atoms with Crippen molar-refractivity contribution in [3.8, 4) is 0 Å². The standard InChI is InChI=1S/C26H36N4O2/c1-5-29-13-15-30(16-14-29)22-11-12-23(20(4)17-22)27-26(32)25(19(2)3)28-24(31)18-21-9-7-6-8-10-21/h6-12,17,19,25H,5,13-16,18H2,1-4H3,(H,27,32)(H,28,31). The van der Waals surface area contributed by atoms with Gasteiger partial charge in [0.2, 0.25) is 11.8 Å². The molecular weight excluding hydrogens is 400 g/mol. The van der Waals surface area contributed by atoms with Crippen LogP contribution in [0.5, 0.6) is 0 Å². The van der Waals surface area contributed by atoms with Gasteiger partial charge in [-0.15, -0.1) is 0 Å². The summed E-state index contributed by atoms with van der Waals surface area (Å²) >= 11 is 0. The summed E-state index contributed by atoms with van der Waals surface area (Å²) in [7, 11) is 0. The van der Waals surface area contributed by atoms with Crippen LogP contribution in [-0.4, -0.2) is 55.5 Å². The quantitative estimate of drug-likeness (QED) is 0.665. The maximum absolute atomic E-state index is 13.0. The van der Waals surface area contributed by atoms with Crippen LogP contribution in [0.1, 0.15) is 31.9 Å². The molecule has 2 N–H and O–H groups in total. The molecule has 3 rings (SSSR count). The summed E-state index contributed by atoms with van der Waals surface area (Å²) in [5, 5.41) is 5.94. The maximum atomic E-state index is 13.0. The lowest BCUT2D eigenvalue weighted by atomic mass is 10.0. The average molecular weight is 437 g/mol. The molecule has 0 saturated carbocycles. The molecule has 0 aliphatic carbocycles. The Labute approximate surface area is 192 Å². The Hall–Kier alpha value is -2.86. The van der Waals surface area contributed by atoms with Gasteiger partial charge in [0.15, 0.2) is 0 Å². The molecule has 1 aliphatic rings. The lowest BCUT2D eigenvalue weighted by Crippen LogP contribution is -2.47. The summed E-state index contributed by atoms with van der Waals surface area (Å²) in [5.74, 6) is -0.360. The zero-order valence-electron chi connectivity index (χ0n) is 19.7. The number of piperazine rings is 1. The lowest BCUT2D eigenvalue weighted by molar-refractivity contribution is -0.127. The highest BCUT2D eigenvalue weighted by atomic mass is 16.2. The van der Waals surface area contributed by atoms with Crippen molar-refractivity contribution in [2.45, 2.75) is 40.2 Å². The van der Waals surface area contributed by atoms with Gasteiger partial charge in [0.05, 0.1) is 6.42 Å². The molecule has 1 unspecified atom stereocenters. The van der Waals surface area contributed by atoms with Crippen LogP contribution in [0, 0.1) is 12.8 Å². The number of amides is 2. The van der Waals surface area contributed by atoms with Gasteiger partial charge in [-0.2, -0.15) is 0 Å². The summed E-state index contributed by atoms with van der Waals surface area (Å²) in [6.45, 7) is 13.4. The summed E-state index contributed by atoms with van der Waals surface area (Å²) in [4.78, 5) is 30.4. The number of aryl methyl sites for hydroxylation is 1. The predicted molar refractivity (Wildman–Crippen MR) is 131 cm³/mol. The van der Waals surface area contributed by atoms with Crippen LogP contribution in [0.2, 0.25) is 0 Å². The smallest absolute Gasteiger partial charge is 0.247 e. The Kier molecular flexibility index (Phi) is 8.28. The van der Waals surface area contributed by atoms with E-state index in [1.54, 1.807) is 0 Å². The van der Waals surface area contributed by atoms with E-state index in [4.69, 9.17) is 0 Å². The van der Waals surface area contributed by atoms with Crippen LogP contribution in [-0.2, 0) is 16.0 Å². The van der Waals surface area contributed by atoms with Crippen molar-refractivity contribution in [3.63, 3.8) is 0 Å². The van der Waals surface area contributed by atoms with E-state index >= 15 is 0 Å². The van der Waals surface area contributed by atoms with Crippen molar-refractivity contribution in [2.75, 3.05) is 42.9 Å². The molecule has 6 heteroatoms. The minimum absolute atomic E-state index is 0.0239. The number of benzene rings is 2. The van der Waals surface area contributed by atoms with Crippen molar-refractivity contribution < 1.29 is 9.59 Å². The van der Waals surface area contributed by atoms with Crippen LogP contribution in [0.15, 0.2) is 48.5 Å². The minimum Gasteiger partial charge on any atom is -0.369 e. The second kappa shape index (κ2) is 11.1. The van der Waals surface area contributed by atoms with Gasteiger partial charge in [0, 0.05) is 37.6 Å². The van der Waals surface area contributed by atoms with Gasteiger partial charge in [-0.3, -0.25) is 9.59 Å². The van der Waals surface area contributed by atoms with Crippen molar-refractivity contribution in [1.82, 2.24) is 10.2 Å². The minimum atomic E-state index is -0.590. The molecule has 6 nitrogen and oxygen atoms in total. The summed E-state index contributed by atoms with van der Waals surface area (Å²) in [5.41, 5.74) is 3.92. The van der Waals surface area contributed by atoms with E-state index < -0.39 is 6.04 Å². The number of carbonyl (C=O) groups is 2. The van der Waals surface area contributed by atoms with E-state index in [-0.39, 0.29) is 24.2 Å². The molecule has 1 fully saturated rings. The van der Waals surface area contributed by atoms with Crippen molar-refractivity contribution in [1.29, 1.82) is 0 Å².